The van der Waals surface area contributed by atoms with Gasteiger partial charge >= 0.3 is 0 Å². The van der Waals surface area contributed by atoms with Crippen LogP contribution in [0.5, 0.6) is 0 Å². The Morgan fingerprint density at radius 2 is 2.17 bits per heavy atom. The Morgan fingerprint density at radius 3 is 2.83 bits per heavy atom. The molecule has 18 heavy (non-hydrogen) atoms. The Labute approximate surface area is 112 Å². The smallest absolute Gasteiger partial charge is 0.138 e. The first-order valence-corrected chi connectivity index (χ1v) is 6.94. The number of rotatable bonds is 4. The summed E-state index contributed by atoms with van der Waals surface area (Å²) >= 11 is 1.75. The summed E-state index contributed by atoms with van der Waals surface area (Å²) in [6.07, 6.45) is 1.62. The Balaban J connectivity index is 2.07. The summed E-state index contributed by atoms with van der Waals surface area (Å²) < 4.78 is 1.96. The van der Waals surface area contributed by atoms with Crippen molar-refractivity contribution in [3.8, 4) is 0 Å². The third kappa shape index (κ3) is 2.85. The predicted molar refractivity (Wildman–Crippen MR) is 75.6 cm³/mol. The first-order chi connectivity index (χ1) is 8.58. The number of nitrogens with two attached hydrogens (primary N) is 1. The lowest BCUT2D eigenvalue weighted by atomic mass is 10.2. The van der Waals surface area contributed by atoms with Gasteiger partial charge < -0.3 is 5.73 Å². The predicted octanol–water partition coefficient (Wildman–Crippen LogP) is 3.04. The van der Waals surface area contributed by atoms with Gasteiger partial charge in [-0.15, -0.1) is 11.8 Å². The van der Waals surface area contributed by atoms with E-state index in [9.17, 15) is 0 Å². The molecule has 2 N–H and O–H groups in total. The van der Waals surface area contributed by atoms with E-state index in [1.165, 1.54) is 4.90 Å². The molecule has 0 spiro atoms. The van der Waals surface area contributed by atoms with Gasteiger partial charge in [0.25, 0.3) is 0 Å². The molecule has 1 aromatic heterocycles. The molecule has 0 unspecified atom stereocenters. The van der Waals surface area contributed by atoms with E-state index in [1.54, 1.807) is 18.1 Å². The maximum atomic E-state index is 5.81. The zero-order valence-electron chi connectivity index (χ0n) is 10.9. The van der Waals surface area contributed by atoms with Crippen LogP contribution >= 0.6 is 11.8 Å². The lowest BCUT2D eigenvalue weighted by Gasteiger charge is -2.09. The number of nitrogens with zero attached hydrogens (tertiary/aromatic N) is 3. The maximum Gasteiger partial charge on any atom is 0.138 e. The Kier molecular flexibility index (Phi) is 3.91. The second-order valence-electron chi connectivity index (χ2n) is 4.52. The normalized spacial score (nSPS) is 11.1. The lowest BCUT2D eigenvalue weighted by Crippen LogP contribution is -2.07. The van der Waals surface area contributed by atoms with Crippen LogP contribution in [0.4, 0.5) is 5.69 Å². The minimum absolute atomic E-state index is 0.344. The molecule has 0 saturated carbocycles. The first kappa shape index (κ1) is 13.0. The molecule has 1 heterocycles. The van der Waals surface area contributed by atoms with E-state index in [4.69, 9.17) is 5.73 Å². The molecule has 96 valence electrons. The highest BCUT2D eigenvalue weighted by Gasteiger charge is 2.08. The van der Waals surface area contributed by atoms with Gasteiger partial charge in [0, 0.05) is 16.6 Å². The van der Waals surface area contributed by atoms with Gasteiger partial charge in [-0.25, -0.2) is 9.67 Å². The zero-order chi connectivity index (χ0) is 13.1. The number of anilines is 1. The second kappa shape index (κ2) is 5.44. The van der Waals surface area contributed by atoms with Crippen molar-refractivity contribution in [1.29, 1.82) is 0 Å². The highest BCUT2D eigenvalue weighted by atomic mass is 32.2. The fourth-order valence-electron chi connectivity index (χ4n) is 1.69. The van der Waals surface area contributed by atoms with Gasteiger partial charge in [-0.2, -0.15) is 5.10 Å². The van der Waals surface area contributed by atoms with Crippen molar-refractivity contribution in [2.45, 2.75) is 37.5 Å². The van der Waals surface area contributed by atoms with Crippen LogP contribution < -0.4 is 5.73 Å². The molecule has 0 bridgehead atoms. The van der Waals surface area contributed by atoms with Gasteiger partial charge in [-0.1, -0.05) is 0 Å². The molecule has 0 aliphatic carbocycles. The standard InChI is InChI=1S/C13H18N4S/c1-9(2)17-13(15-8-16-17)7-18-11-4-5-12(14)10(3)6-11/h4-6,8-9H,7,14H2,1-3H3. The Hall–Kier alpha value is -1.49. The van der Waals surface area contributed by atoms with Gasteiger partial charge in [0.05, 0.1) is 5.75 Å². The molecule has 0 atom stereocenters. The van der Waals surface area contributed by atoms with Crippen LogP contribution in [0, 0.1) is 6.92 Å². The molecule has 0 aliphatic heterocycles. The maximum absolute atomic E-state index is 5.81. The fraction of sp³-hybridized carbons (Fsp3) is 0.385. The monoisotopic (exact) mass is 262 g/mol. The van der Waals surface area contributed by atoms with Crippen molar-refractivity contribution in [3.05, 3.63) is 35.9 Å². The molecular formula is C13H18N4S. The van der Waals surface area contributed by atoms with E-state index in [0.29, 0.717) is 6.04 Å². The summed E-state index contributed by atoms with van der Waals surface area (Å²) in [6, 6.07) is 6.44. The summed E-state index contributed by atoms with van der Waals surface area (Å²) in [5, 5.41) is 4.23. The third-order valence-electron chi connectivity index (χ3n) is 2.75. The molecule has 2 rings (SSSR count). The van der Waals surface area contributed by atoms with Gasteiger partial charge in [0.1, 0.15) is 12.2 Å². The van der Waals surface area contributed by atoms with Crippen molar-refractivity contribution < 1.29 is 0 Å². The Morgan fingerprint density at radius 1 is 1.39 bits per heavy atom. The van der Waals surface area contributed by atoms with E-state index < -0.39 is 0 Å². The molecule has 0 radical (unpaired) electrons. The number of nitrogen functional groups attached to an aromatic ring is 1. The summed E-state index contributed by atoms with van der Waals surface area (Å²) in [5.74, 6) is 1.83. The zero-order valence-corrected chi connectivity index (χ0v) is 11.7. The van der Waals surface area contributed by atoms with Crippen molar-refractivity contribution in [3.63, 3.8) is 0 Å². The van der Waals surface area contributed by atoms with Crippen molar-refractivity contribution in [1.82, 2.24) is 14.8 Å². The fourth-order valence-corrected chi connectivity index (χ4v) is 2.62. The molecule has 0 amide bonds. The molecule has 4 nitrogen and oxygen atoms in total. The molecular weight excluding hydrogens is 244 g/mol. The molecule has 5 heteroatoms. The van der Waals surface area contributed by atoms with E-state index in [1.807, 2.05) is 23.7 Å². The van der Waals surface area contributed by atoms with Crippen LogP contribution in [0.15, 0.2) is 29.4 Å². The van der Waals surface area contributed by atoms with Gasteiger partial charge in [0.2, 0.25) is 0 Å². The average molecular weight is 262 g/mol. The van der Waals surface area contributed by atoms with E-state index in [-0.39, 0.29) is 0 Å². The first-order valence-electron chi connectivity index (χ1n) is 5.95. The van der Waals surface area contributed by atoms with Gasteiger partial charge in [0.15, 0.2) is 0 Å². The van der Waals surface area contributed by atoms with Crippen LogP contribution in [-0.2, 0) is 5.75 Å². The Bertz CT molecular complexity index is 534. The molecule has 0 fully saturated rings. The van der Waals surface area contributed by atoms with E-state index in [2.05, 4.69) is 30.0 Å². The number of benzene rings is 1. The topological polar surface area (TPSA) is 56.7 Å². The average Bonchev–Trinajstić information content (AvgIpc) is 2.79. The van der Waals surface area contributed by atoms with Crippen molar-refractivity contribution in [2.75, 3.05) is 5.73 Å². The minimum Gasteiger partial charge on any atom is -0.399 e. The van der Waals surface area contributed by atoms with Crippen LogP contribution in [-0.4, -0.2) is 14.8 Å². The van der Waals surface area contributed by atoms with Crippen LogP contribution in [0.3, 0.4) is 0 Å². The lowest BCUT2D eigenvalue weighted by molar-refractivity contribution is 0.514. The molecule has 0 aliphatic rings. The molecule has 2 aromatic rings. The van der Waals surface area contributed by atoms with Crippen LogP contribution in [0.25, 0.3) is 0 Å². The minimum atomic E-state index is 0.344. The highest BCUT2D eigenvalue weighted by molar-refractivity contribution is 7.98. The SMILES string of the molecule is Cc1cc(SCc2ncnn2C(C)C)ccc1N. The number of aromatic nitrogens is 3. The van der Waals surface area contributed by atoms with Crippen molar-refractivity contribution >= 4 is 17.4 Å². The largest absolute Gasteiger partial charge is 0.399 e. The number of aryl methyl sites for hydroxylation is 1. The van der Waals surface area contributed by atoms with E-state index >= 15 is 0 Å². The summed E-state index contributed by atoms with van der Waals surface area (Å²) in [5.41, 5.74) is 7.76. The van der Waals surface area contributed by atoms with Crippen molar-refractivity contribution in [2.24, 2.45) is 0 Å². The molecule has 1 aromatic carbocycles. The van der Waals surface area contributed by atoms with Crippen LogP contribution in [0.1, 0.15) is 31.3 Å². The highest BCUT2D eigenvalue weighted by Crippen LogP contribution is 2.25. The summed E-state index contributed by atoms with van der Waals surface area (Å²) in [4.78, 5) is 5.51. The number of thioether (sulfide) groups is 1. The summed E-state index contributed by atoms with van der Waals surface area (Å²) in [7, 11) is 0. The second-order valence-corrected chi connectivity index (χ2v) is 5.57. The number of hydrogen-bond acceptors (Lipinski definition) is 4. The quantitative estimate of drug-likeness (QED) is 0.679. The molecule has 0 saturated heterocycles. The van der Waals surface area contributed by atoms with Gasteiger partial charge in [-0.05, 0) is 44.5 Å². The third-order valence-corrected chi connectivity index (χ3v) is 3.74. The number of hydrogen-bond donors (Lipinski definition) is 1. The van der Waals surface area contributed by atoms with E-state index in [0.717, 1.165) is 22.8 Å². The summed E-state index contributed by atoms with van der Waals surface area (Å²) in [6.45, 7) is 6.24. The van der Waals surface area contributed by atoms with Crippen LogP contribution in [0.2, 0.25) is 0 Å². The van der Waals surface area contributed by atoms with Gasteiger partial charge in [-0.3, -0.25) is 0 Å².